The van der Waals surface area contributed by atoms with Crippen LogP contribution in [0.25, 0.3) is 6.08 Å². The number of sulfonamides is 1. The van der Waals surface area contributed by atoms with Crippen molar-refractivity contribution in [3.63, 3.8) is 0 Å². The maximum atomic E-state index is 13.7. The lowest BCUT2D eigenvalue weighted by molar-refractivity contribution is -0.131. The van der Waals surface area contributed by atoms with E-state index in [9.17, 15) is 13.2 Å². The Morgan fingerprint density at radius 1 is 1.11 bits per heavy atom. The van der Waals surface area contributed by atoms with Gasteiger partial charge in [-0.15, -0.1) is 0 Å². The number of anilines is 1. The molecule has 1 aliphatic carbocycles. The summed E-state index contributed by atoms with van der Waals surface area (Å²) in [4.78, 5) is 10.7. The smallest absolute Gasteiger partial charge is 0.328 e. The molecule has 1 N–H and O–H groups in total. The van der Waals surface area contributed by atoms with Gasteiger partial charge in [0.05, 0.1) is 5.69 Å². The number of carboxylic acid groups (broad SMARTS) is 1. The number of aryl methyl sites for hydroxylation is 3. The van der Waals surface area contributed by atoms with Crippen molar-refractivity contribution in [1.82, 2.24) is 0 Å². The van der Waals surface area contributed by atoms with E-state index in [1.165, 1.54) is 22.0 Å². The number of carboxylic acids is 1. The zero-order valence-electron chi connectivity index (χ0n) is 20.7. The number of hydrogen-bond acceptors (Lipinski definition) is 5. The van der Waals surface area contributed by atoms with Crippen LogP contribution in [-0.2, 0) is 34.3 Å². The van der Waals surface area contributed by atoms with Crippen molar-refractivity contribution in [2.75, 3.05) is 10.8 Å². The van der Waals surface area contributed by atoms with Crippen molar-refractivity contribution < 1.29 is 27.5 Å². The lowest BCUT2D eigenvalue weighted by atomic mass is 10.1. The zero-order valence-corrected chi connectivity index (χ0v) is 21.5. The van der Waals surface area contributed by atoms with E-state index in [0.29, 0.717) is 17.2 Å². The molecule has 0 spiro atoms. The van der Waals surface area contributed by atoms with Crippen molar-refractivity contribution in [3.05, 3.63) is 82.6 Å². The van der Waals surface area contributed by atoms with Crippen LogP contribution >= 0.6 is 0 Å². The van der Waals surface area contributed by atoms with Crippen LogP contribution in [-0.4, -0.2) is 26.0 Å². The fraction of sp³-hybridized carbons (Fsp3) is 0.321. The number of nitrogens with zero attached hydrogens (tertiary/aromatic N) is 1. The maximum Gasteiger partial charge on any atom is 0.328 e. The summed E-state index contributed by atoms with van der Waals surface area (Å²) in [6.45, 7) is 6.19. The summed E-state index contributed by atoms with van der Waals surface area (Å²) in [5.41, 5.74) is 4.49. The second-order valence-corrected chi connectivity index (χ2v) is 11.2. The van der Waals surface area contributed by atoms with E-state index in [-0.39, 0.29) is 24.2 Å². The Bertz CT molecular complexity index is 1370. The monoisotopic (exact) mass is 509 g/mol. The average Bonchev–Trinajstić information content (AvgIpc) is 3.48. The van der Waals surface area contributed by atoms with Gasteiger partial charge in [0.25, 0.3) is 10.0 Å². The lowest BCUT2D eigenvalue weighted by Crippen LogP contribution is -2.34. The molecule has 4 rings (SSSR count). The van der Waals surface area contributed by atoms with Gasteiger partial charge in [-0.1, -0.05) is 38.1 Å². The largest absolute Gasteiger partial charge is 0.487 e. The summed E-state index contributed by atoms with van der Waals surface area (Å²) in [6, 6.07) is 14.4. The molecule has 1 aromatic heterocycles. The fourth-order valence-corrected chi connectivity index (χ4v) is 5.86. The second-order valence-electron chi connectivity index (χ2n) is 9.44. The van der Waals surface area contributed by atoms with Crippen LogP contribution in [0.2, 0.25) is 0 Å². The van der Waals surface area contributed by atoms with Crippen molar-refractivity contribution in [3.8, 4) is 5.75 Å². The minimum absolute atomic E-state index is 0.0725. The average molecular weight is 510 g/mol. The SMILES string of the molecule is Cc1ccc(S(=O)(=O)N(CC(C)C)c2cc3c(cc2OCc2ccc(C=CC(=O)O)cc2)CCC3)o1. The molecule has 0 saturated carbocycles. The van der Waals surface area contributed by atoms with Crippen molar-refractivity contribution in [1.29, 1.82) is 0 Å². The van der Waals surface area contributed by atoms with Gasteiger partial charge >= 0.3 is 5.97 Å². The fourth-order valence-electron chi connectivity index (χ4n) is 4.27. The van der Waals surface area contributed by atoms with E-state index in [1.807, 2.05) is 50.2 Å². The van der Waals surface area contributed by atoms with Crippen LogP contribution in [0.1, 0.15) is 48.3 Å². The molecule has 0 fully saturated rings. The summed E-state index contributed by atoms with van der Waals surface area (Å²) in [6.07, 6.45) is 5.48. The summed E-state index contributed by atoms with van der Waals surface area (Å²) in [7, 11) is -3.94. The molecular formula is C28H31NO6S. The standard InChI is InChI=1S/C28H31NO6S/c1-19(2)17-29(36(32,33)28-14-7-20(3)35-28)25-15-23-5-4-6-24(23)16-26(25)34-18-22-10-8-21(9-11-22)12-13-27(30)31/h7-16,19H,4-6,17-18H2,1-3H3,(H,30,31). The van der Waals surface area contributed by atoms with E-state index in [4.69, 9.17) is 14.3 Å². The summed E-state index contributed by atoms with van der Waals surface area (Å²) >= 11 is 0. The molecule has 8 heteroatoms. The first-order valence-corrected chi connectivity index (χ1v) is 13.4. The lowest BCUT2D eigenvalue weighted by Gasteiger charge is -2.28. The van der Waals surface area contributed by atoms with Gasteiger partial charge < -0.3 is 14.3 Å². The molecule has 3 aromatic rings. The third kappa shape index (κ3) is 5.82. The van der Waals surface area contributed by atoms with Gasteiger partial charge in [-0.3, -0.25) is 4.31 Å². The molecule has 7 nitrogen and oxygen atoms in total. The Hall–Kier alpha value is -3.52. The van der Waals surface area contributed by atoms with Crippen LogP contribution in [0.3, 0.4) is 0 Å². The van der Waals surface area contributed by atoms with E-state index in [1.54, 1.807) is 13.0 Å². The first-order chi connectivity index (χ1) is 17.1. The Labute approximate surface area is 212 Å². The number of hydrogen-bond donors (Lipinski definition) is 1. The molecule has 0 unspecified atom stereocenters. The number of benzene rings is 2. The highest BCUT2D eigenvalue weighted by Crippen LogP contribution is 2.39. The summed E-state index contributed by atoms with van der Waals surface area (Å²) < 4.78 is 40.5. The summed E-state index contributed by atoms with van der Waals surface area (Å²) in [5.74, 6) is 0.114. The Balaban J connectivity index is 1.68. The molecule has 1 heterocycles. The molecule has 0 radical (unpaired) electrons. The van der Waals surface area contributed by atoms with Gasteiger partial charge in [-0.2, -0.15) is 8.42 Å². The van der Waals surface area contributed by atoms with Gasteiger partial charge in [0.1, 0.15) is 18.1 Å². The number of aliphatic carboxylic acids is 1. The molecule has 190 valence electrons. The molecule has 36 heavy (non-hydrogen) atoms. The quantitative estimate of drug-likeness (QED) is 0.357. The Kier molecular flexibility index (Phi) is 7.54. The van der Waals surface area contributed by atoms with Crippen LogP contribution in [0.4, 0.5) is 5.69 Å². The van der Waals surface area contributed by atoms with Gasteiger partial charge in [-0.25, -0.2) is 4.79 Å². The number of ether oxygens (including phenoxy) is 1. The first-order valence-electron chi connectivity index (χ1n) is 12.0. The van der Waals surface area contributed by atoms with E-state index in [0.717, 1.165) is 42.0 Å². The van der Waals surface area contributed by atoms with Gasteiger partial charge in [0, 0.05) is 12.6 Å². The highest BCUT2D eigenvalue weighted by molar-refractivity contribution is 7.92. The number of furan rings is 1. The van der Waals surface area contributed by atoms with E-state index < -0.39 is 16.0 Å². The Morgan fingerprint density at radius 2 is 1.81 bits per heavy atom. The predicted molar refractivity (Wildman–Crippen MR) is 139 cm³/mol. The molecule has 0 saturated heterocycles. The molecule has 0 atom stereocenters. The molecule has 0 amide bonds. The molecule has 0 aliphatic heterocycles. The van der Waals surface area contributed by atoms with E-state index in [2.05, 4.69) is 0 Å². The normalized spacial score (nSPS) is 13.3. The highest BCUT2D eigenvalue weighted by Gasteiger charge is 2.32. The minimum atomic E-state index is -3.94. The molecule has 2 aromatic carbocycles. The maximum absolute atomic E-state index is 13.7. The third-order valence-corrected chi connectivity index (χ3v) is 7.68. The molecule has 0 bridgehead atoms. The second kappa shape index (κ2) is 10.6. The van der Waals surface area contributed by atoms with Gasteiger partial charge in [0.15, 0.2) is 0 Å². The number of fused-ring (bicyclic) bond motifs is 1. The van der Waals surface area contributed by atoms with Crippen LogP contribution < -0.4 is 9.04 Å². The van der Waals surface area contributed by atoms with Crippen LogP contribution in [0.5, 0.6) is 5.75 Å². The topological polar surface area (TPSA) is 97.0 Å². The van der Waals surface area contributed by atoms with Crippen molar-refractivity contribution in [2.24, 2.45) is 5.92 Å². The summed E-state index contributed by atoms with van der Waals surface area (Å²) in [5, 5.41) is 8.72. The molecular weight excluding hydrogens is 478 g/mol. The van der Waals surface area contributed by atoms with Crippen LogP contribution in [0.15, 0.2) is 64.1 Å². The molecule has 1 aliphatic rings. The third-order valence-electron chi connectivity index (χ3n) is 6.03. The number of carbonyl (C=O) groups is 1. The highest BCUT2D eigenvalue weighted by atomic mass is 32.2. The zero-order chi connectivity index (χ0) is 25.9. The first kappa shape index (κ1) is 25.6. The van der Waals surface area contributed by atoms with Crippen molar-refractivity contribution in [2.45, 2.75) is 51.7 Å². The Morgan fingerprint density at radius 3 is 2.42 bits per heavy atom. The van der Waals surface area contributed by atoms with Gasteiger partial charge in [-0.05, 0) is 84.7 Å². The van der Waals surface area contributed by atoms with Crippen molar-refractivity contribution >= 4 is 27.8 Å². The van der Waals surface area contributed by atoms with Gasteiger partial charge in [0.2, 0.25) is 5.09 Å². The number of rotatable bonds is 10. The van der Waals surface area contributed by atoms with E-state index >= 15 is 0 Å². The predicted octanol–water partition coefficient (Wildman–Crippen LogP) is 5.60. The minimum Gasteiger partial charge on any atom is -0.487 e. The van der Waals surface area contributed by atoms with Crippen LogP contribution in [0, 0.1) is 12.8 Å².